The van der Waals surface area contributed by atoms with Gasteiger partial charge in [0.25, 0.3) is 5.79 Å². The highest BCUT2D eigenvalue weighted by molar-refractivity contribution is 9.10. The Bertz CT molecular complexity index is 614. The van der Waals surface area contributed by atoms with Crippen molar-refractivity contribution >= 4 is 45.5 Å². The third kappa shape index (κ3) is 2.81. The maximum Gasteiger partial charge on any atom is 0.348 e. The molecular formula is C13H10BrClO5. The maximum absolute atomic E-state index is 11.8. The van der Waals surface area contributed by atoms with Gasteiger partial charge in [-0.15, -0.1) is 0 Å². The van der Waals surface area contributed by atoms with Crippen LogP contribution in [0.1, 0.15) is 19.4 Å². The van der Waals surface area contributed by atoms with E-state index < -0.39 is 17.7 Å². The van der Waals surface area contributed by atoms with Crippen LogP contribution in [0.2, 0.25) is 5.02 Å². The average Bonchev–Trinajstić information content (AvgIpc) is 2.31. The lowest BCUT2D eigenvalue weighted by Gasteiger charge is -2.29. The maximum atomic E-state index is 11.8. The van der Waals surface area contributed by atoms with Crippen molar-refractivity contribution in [2.75, 3.05) is 0 Å². The molecule has 0 aromatic heterocycles. The molecular weight excluding hydrogens is 351 g/mol. The highest BCUT2D eigenvalue weighted by atomic mass is 79.9. The molecule has 0 amide bonds. The summed E-state index contributed by atoms with van der Waals surface area (Å²) in [6.07, 6.45) is 1.17. The Balaban J connectivity index is 2.49. The first-order valence-corrected chi connectivity index (χ1v) is 6.74. The van der Waals surface area contributed by atoms with Crippen molar-refractivity contribution in [1.82, 2.24) is 0 Å². The van der Waals surface area contributed by atoms with E-state index in [9.17, 15) is 14.7 Å². The molecule has 1 saturated heterocycles. The number of phenolic OH excluding ortho intramolecular Hbond substituents is 1. The molecule has 1 aliphatic rings. The lowest BCUT2D eigenvalue weighted by Crippen LogP contribution is -2.41. The van der Waals surface area contributed by atoms with Gasteiger partial charge in [-0.05, 0) is 34.1 Å². The monoisotopic (exact) mass is 360 g/mol. The number of aromatic hydroxyl groups is 1. The number of hydrogen-bond acceptors (Lipinski definition) is 5. The van der Waals surface area contributed by atoms with Crippen LogP contribution in [0.25, 0.3) is 6.08 Å². The second kappa shape index (κ2) is 5.10. The molecule has 7 heteroatoms. The minimum atomic E-state index is -1.31. The van der Waals surface area contributed by atoms with Crippen molar-refractivity contribution in [2.24, 2.45) is 0 Å². The summed E-state index contributed by atoms with van der Waals surface area (Å²) in [6, 6.07) is 2.83. The van der Waals surface area contributed by atoms with Gasteiger partial charge in [0.05, 0.1) is 5.02 Å². The molecule has 0 atom stereocenters. The predicted molar refractivity (Wildman–Crippen MR) is 75.1 cm³/mol. The van der Waals surface area contributed by atoms with Crippen LogP contribution < -0.4 is 0 Å². The first kappa shape index (κ1) is 14.9. The summed E-state index contributed by atoms with van der Waals surface area (Å²) in [4.78, 5) is 23.6. The smallest absolute Gasteiger partial charge is 0.348 e. The minimum Gasteiger partial charge on any atom is -0.507 e. The zero-order chi connectivity index (χ0) is 15.1. The molecule has 1 heterocycles. The minimum absolute atomic E-state index is 0.140. The van der Waals surface area contributed by atoms with Crippen molar-refractivity contribution in [1.29, 1.82) is 0 Å². The Hall–Kier alpha value is -1.53. The Morgan fingerprint density at radius 3 is 2.35 bits per heavy atom. The number of phenols is 1. The Kier molecular flexibility index (Phi) is 3.80. The number of rotatable bonds is 1. The Morgan fingerprint density at radius 1 is 1.25 bits per heavy atom. The van der Waals surface area contributed by atoms with Crippen LogP contribution in [0, 0.1) is 0 Å². The zero-order valence-electron chi connectivity index (χ0n) is 10.6. The fourth-order valence-corrected chi connectivity index (χ4v) is 2.23. The molecule has 106 valence electrons. The van der Waals surface area contributed by atoms with Gasteiger partial charge in [-0.3, -0.25) is 0 Å². The summed E-state index contributed by atoms with van der Waals surface area (Å²) in [6.45, 7) is 2.90. The summed E-state index contributed by atoms with van der Waals surface area (Å²) in [5.74, 6) is -3.09. The fourth-order valence-electron chi connectivity index (χ4n) is 1.62. The van der Waals surface area contributed by atoms with Crippen LogP contribution in [0.15, 0.2) is 22.2 Å². The molecule has 0 aliphatic carbocycles. The Labute approximate surface area is 128 Å². The van der Waals surface area contributed by atoms with Crippen LogP contribution in [0.3, 0.4) is 0 Å². The summed E-state index contributed by atoms with van der Waals surface area (Å²) >= 11 is 9.08. The second-order valence-electron chi connectivity index (χ2n) is 4.53. The van der Waals surface area contributed by atoms with E-state index in [1.54, 1.807) is 0 Å². The van der Waals surface area contributed by atoms with E-state index in [1.807, 2.05) is 0 Å². The van der Waals surface area contributed by atoms with Crippen LogP contribution in [-0.2, 0) is 19.1 Å². The van der Waals surface area contributed by atoms with Crippen LogP contribution in [0.5, 0.6) is 5.75 Å². The molecule has 1 aromatic carbocycles. The van der Waals surface area contributed by atoms with Gasteiger partial charge in [0.2, 0.25) is 0 Å². The van der Waals surface area contributed by atoms with Crippen LogP contribution >= 0.6 is 27.5 Å². The van der Waals surface area contributed by atoms with E-state index in [4.69, 9.17) is 21.1 Å². The quantitative estimate of drug-likeness (QED) is 0.473. The molecule has 0 bridgehead atoms. The number of ether oxygens (including phenoxy) is 2. The lowest BCUT2D eigenvalue weighted by molar-refractivity contribution is -0.222. The third-order valence-electron chi connectivity index (χ3n) is 2.52. The number of halogens is 2. The lowest BCUT2D eigenvalue weighted by atomic mass is 10.1. The van der Waals surface area contributed by atoms with E-state index >= 15 is 0 Å². The SMILES string of the molecule is CC1(C)OC(=O)C(=Cc2c(O)ccc(Cl)c2Br)C(=O)O1. The van der Waals surface area contributed by atoms with Crippen molar-refractivity contribution in [3.8, 4) is 5.75 Å². The number of cyclic esters (lactones) is 2. The van der Waals surface area contributed by atoms with E-state index in [2.05, 4.69) is 15.9 Å². The van der Waals surface area contributed by atoms with Gasteiger partial charge in [0.15, 0.2) is 0 Å². The van der Waals surface area contributed by atoms with Crippen molar-refractivity contribution in [3.63, 3.8) is 0 Å². The van der Waals surface area contributed by atoms with E-state index in [1.165, 1.54) is 32.1 Å². The summed E-state index contributed by atoms with van der Waals surface area (Å²) < 4.78 is 10.3. The fraction of sp³-hybridized carbons (Fsp3) is 0.231. The second-order valence-corrected chi connectivity index (χ2v) is 5.73. The van der Waals surface area contributed by atoms with E-state index in [0.717, 1.165) is 0 Å². The summed E-state index contributed by atoms with van der Waals surface area (Å²) in [5, 5.41) is 10.1. The number of carbonyl (C=O) groups is 2. The number of benzene rings is 1. The molecule has 5 nitrogen and oxygen atoms in total. The molecule has 0 unspecified atom stereocenters. The van der Waals surface area contributed by atoms with Crippen molar-refractivity contribution in [3.05, 3.63) is 32.8 Å². The standard InChI is InChI=1S/C13H10BrClO5/c1-13(2)19-11(17)7(12(18)20-13)5-6-9(16)4-3-8(15)10(6)14/h3-5,16H,1-2H3. The zero-order valence-corrected chi connectivity index (χ0v) is 12.9. The van der Waals surface area contributed by atoms with Crippen molar-refractivity contribution < 1.29 is 24.2 Å². The van der Waals surface area contributed by atoms with Crippen molar-refractivity contribution in [2.45, 2.75) is 19.6 Å². The topological polar surface area (TPSA) is 72.8 Å². The molecule has 20 heavy (non-hydrogen) atoms. The van der Waals surface area contributed by atoms with Gasteiger partial charge in [-0.25, -0.2) is 9.59 Å². The average molecular weight is 362 g/mol. The van der Waals surface area contributed by atoms with Gasteiger partial charge < -0.3 is 14.6 Å². The molecule has 1 fully saturated rings. The third-order valence-corrected chi connectivity index (χ3v) is 3.91. The molecule has 1 aromatic rings. The van der Waals surface area contributed by atoms with Crippen LogP contribution in [-0.4, -0.2) is 22.8 Å². The van der Waals surface area contributed by atoms with E-state index in [-0.39, 0.29) is 16.9 Å². The molecule has 0 spiro atoms. The predicted octanol–water partition coefficient (Wildman–Crippen LogP) is 3.03. The van der Waals surface area contributed by atoms with Gasteiger partial charge in [-0.2, -0.15) is 0 Å². The molecule has 1 aliphatic heterocycles. The van der Waals surface area contributed by atoms with E-state index in [0.29, 0.717) is 9.50 Å². The molecule has 0 saturated carbocycles. The first-order chi connectivity index (χ1) is 9.21. The Morgan fingerprint density at radius 2 is 1.80 bits per heavy atom. The molecule has 2 rings (SSSR count). The largest absolute Gasteiger partial charge is 0.507 e. The first-order valence-electron chi connectivity index (χ1n) is 5.56. The molecule has 1 N–H and O–H groups in total. The van der Waals surface area contributed by atoms with Crippen LogP contribution in [0.4, 0.5) is 0 Å². The van der Waals surface area contributed by atoms with Gasteiger partial charge in [-0.1, -0.05) is 11.6 Å². The summed E-state index contributed by atoms with van der Waals surface area (Å²) in [7, 11) is 0. The highest BCUT2D eigenvalue weighted by Gasteiger charge is 2.39. The number of hydrogen-bond donors (Lipinski definition) is 1. The van der Waals surface area contributed by atoms with Gasteiger partial charge in [0, 0.05) is 23.9 Å². The van der Waals surface area contributed by atoms with Gasteiger partial charge in [0.1, 0.15) is 11.3 Å². The number of esters is 2. The van der Waals surface area contributed by atoms with Gasteiger partial charge >= 0.3 is 11.9 Å². The number of carbonyl (C=O) groups excluding carboxylic acids is 2. The summed E-state index contributed by atoms with van der Waals surface area (Å²) in [5.41, 5.74) is -0.122. The molecule has 0 radical (unpaired) electrons. The highest BCUT2D eigenvalue weighted by Crippen LogP contribution is 2.35. The normalized spacial score (nSPS) is 17.5.